The highest BCUT2D eigenvalue weighted by Gasteiger charge is 2.11. The first kappa shape index (κ1) is 19.5. The monoisotopic (exact) mass is 394 g/mol. The normalized spacial score (nSPS) is 10.4. The van der Waals surface area contributed by atoms with Gasteiger partial charge in [0.15, 0.2) is 5.78 Å². The van der Waals surface area contributed by atoms with Crippen LogP contribution in [0.25, 0.3) is 0 Å². The molecule has 0 saturated carbocycles. The summed E-state index contributed by atoms with van der Waals surface area (Å²) in [5.74, 6) is 0.0792. The Labute approximate surface area is 168 Å². The van der Waals surface area contributed by atoms with E-state index in [1.54, 1.807) is 42.5 Å². The van der Waals surface area contributed by atoms with Crippen molar-refractivity contribution in [3.63, 3.8) is 0 Å². The summed E-state index contributed by atoms with van der Waals surface area (Å²) < 4.78 is 0. The predicted molar refractivity (Wildman–Crippen MR) is 111 cm³/mol. The summed E-state index contributed by atoms with van der Waals surface area (Å²) in [4.78, 5) is 32.7. The van der Waals surface area contributed by atoms with Gasteiger partial charge >= 0.3 is 0 Å². The van der Waals surface area contributed by atoms with Crippen LogP contribution in [-0.2, 0) is 0 Å². The van der Waals surface area contributed by atoms with E-state index in [9.17, 15) is 9.59 Å². The number of anilines is 3. The quantitative estimate of drug-likeness (QED) is 0.598. The number of aryl methyl sites for hydroxylation is 2. The molecule has 0 bridgehead atoms. The fourth-order valence-electron chi connectivity index (χ4n) is 2.65. The molecule has 0 aliphatic carbocycles. The van der Waals surface area contributed by atoms with Crippen LogP contribution in [0.15, 0.2) is 48.5 Å². The number of benzene rings is 2. The maximum absolute atomic E-state index is 12.5. The lowest BCUT2D eigenvalue weighted by molar-refractivity contribution is 0.101. The van der Waals surface area contributed by atoms with Crippen LogP contribution in [0.1, 0.15) is 39.0 Å². The second-order valence-electron chi connectivity index (χ2n) is 6.38. The third-order valence-electron chi connectivity index (χ3n) is 4.01. The molecule has 0 fully saturated rings. The number of rotatable bonds is 5. The Morgan fingerprint density at radius 2 is 1.50 bits per heavy atom. The molecule has 0 saturated heterocycles. The summed E-state index contributed by atoms with van der Waals surface area (Å²) in [5.41, 5.74) is 3.83. The molecule has 0 spiro atoms. The summed E-state index contributed by atoms with van der Waals surface area (Å²) in [7, 11) is 0. The molecule has 0 atom stereocenters. The molecule has 1 heterocycles. The van der Waals surface area contributed by atoms with Gasteiger partial charge in [-0.25, -0.2) is 9.97 Å². The molecular weight excluding hydrogens is 376 g/mol. The third kappa shape index (κ3) is 4.72. The first-order valence-corrected chi connectivity index (χ1v) is 9.01. The Bertz CT molecular complexity index is 1030. The number of Topliss-reactive ketones (excluding diaryl/α,β-unsaturated/α-hetero) is 1. The molecule has 142 valence electrons. The van der Waals surface area contributed by atoms with Crippen LogP contribution in [0.5, 0.6) is 0 Å². The van der Waals surface area contributed by atoms with E-state index in [2.05, 4.69) is 20.6 Å². The highest BCUT2D eigenvalue weighted by molar-refractivity contribution is 6.34. The fraction of sp³-hybridized carbons (Fsp3) is 0.143. The van der Waals surface area contributed by atoms with E-state index < -0.39 is 0 Å². The van der Waals surface area contributed by atoms with Gasteiger partial charge in [0, 0.05) is 28.2 Å². The zero-order chi connectivity index (χ0) is 20.3. The van der Waals surface area contributed by atoms with Crippen molar-refractivity contribution < 1.29 is 9.59 Å². The van der Waals surface area contributed by atoms with Crippen LogP contribution in [-0.4, -0.2) is 21.7 Å². The van der Waals surface area contributed by atoms with Crippen molar-refractivity contribution in [2.45, 2.75) is 20.8 Å². The maximum atomic E-state index is 12.5. The van der Waals surface area contributed by atoms with Gasteiger partial charge in [0.2, 0.25) is 5.95 Å². The number of ketones is 1. The minimum Gasteiger partial charge on any atom is -0.324 e. The molecule has 1 amide bonds. The number of nitrogens with one attached hydrogen (secondary N) is 2. The molecule has 3 aromatic rings. The molecule has 2 aromatic carbocycles. The van der Waals surface area contributed by atoms with E-state index in [1.165, 1.54) is 6.92 Å². The van der Waals surface area contributed by atoms with Crippen molar-refractivity contribution in [1.82, 2.24) is 9.97 Å². The first-order valence-electron chi connectivity index (χ1n) is 8.63. The number of nitrogens with zero attached hydrogens (tertiary/aromatic N) is 2. The molecule has 0 radical (unpaired) electrons. The molecule has 6 nitrogen and oxygen atoms in total. The lowest BCUT2D eigenvalue weighted by atomic mass is 10.1. The summed E-state index contributed by atoms with van der Waals surface area (Å²) in [6, 6.07) is 13.6. The highest BCUT2D eigenvalue weighted by atomic mass is 35.5. The number of hydrogen-bond donors (Lipinski definition) is 2. The van der Waals surface area contributed by atoms with Gasteiger partial charge in [0.25, 0.3) is 5.91 Å². The molecule has 0 aliphatic heterocycles. The van der Waals surface area contributed by atoms with E-state index in [-0.39, 0.29) is 11.7 Å². The van der Waals surface area contributed by atoms with Gasteiger partial charge in [0.1, 0.15) is 0 Å². The molecule has 2 N–H and O–H groups in total. The van der Waals surface area contributed by atoms with Gasteiger partial charge in [-0.15, -0.1) is 0 Å². The third-order valence-corrected chi connectivity index (χ3v) is 4.34. The average Bonchev–Trinajstić information content (AvgIpc) is 2.63. The highest BCUT2D eigenvalue weighted by Crippen LogP contribution is 2.24. The van der Waals surface area contributed by atoms with Gasteiger partial charge in [-0.3, -0.25) is 9.59 Å². The van der Waals surface area contributed by atoms with E-state index in [0.717, 1.165) is 17.1 Å². The number of aromatic nitrogens is 2. The van der Waals surface area contributed by atoms with Crippen LogP contribution >= 0.6 is 11.6 Å². The Morgan fingerprint density at radius 1 is 0.893 bits per heavy atom. The molecule has 28 heavy (non-hydrogen) atoms. The van der Waals surface area contributed by atoms with Crippen molar-refractivity contribution >= 4 is 40.6 Å². The molecular formula is C21H19ClN4O2. The summed E-state index contributed by atoms with van der Waals surface area (Å²) in [6.45, 7) is 5.26. The van der Waals surface area contributed by atoms with Gasteiger partial charge < -0.3 is 10.6 Å². The molecule has 0 aliphatic rings. The Balaban J connectivity index is 1.73. The Morgan fingerprint density at radius 3 is 2.11 bits per heavy atom. The van der Waals surface area contributed by atoms with Crippen molar-refractivity contribution in [2.24, 2.45) is 0 Å². The van der Waals surface area contributed by atoms with Crippen LogP contribution < -0.4 is 10.6 Å². The minimum atomic E-state index is -0.322. The lowest BCUT2D eigenvalue weighted by Gasteiger charge is -2.10. The van der Waals surface area contributed by atoms with E-state index >= 15 is 0 Å². The van der Waals surface area contributed by atoms with Crippen molar-refractivity contribution in [1.29, 1.82) is 0 Å². The largest absolute Gasteiger partial charge is 0.324 e. The zero-order valence-corrected chi connectivity index (χ0v) is 16.5. The number of amides is 1. The average molecular weight is 395 g/mol. The summed E-state index contributed by atoms with van der Waals surface area (Å²) in [6.07, 6.45) is 0. The number of carbonyl (C=O) groups excluding carboxylic acids is 2. The van der Waals surface area contributed by atoms with Crippen LogP contribution in [0.3, 0.4) is 0 Å². The minimum absolute atomic E-state index is 0.101. The lowest BCUT2D eigenvalue weighted by Crippen LogP contribution is -2.12. The van der Waals surface area contributed by atoms with E-state index in [0.29, 0.717) is 27.8 Å². The fourth-order valence-corrected chi connectivity index (χ4v) is 2.82. The first-order chi connectivity index (χ1) is 13.3. The molecule has 3 rings (SSSR count). The number of hydrogen-bond acceptors (Lipinski definition) is 5. The smallest absolute Gasteiger partial charge is 0.255 e. The SMILES string of the molecule is CC(=O)c1ccc(Cl)c(NC(=O)c2ccc(Nc3nc(C)cc(C)n3)cc2)c1. The second-order valence-corrected chi connectivity index (χ2v) is 6.79. The van der Waals surface area contributed by atoms with Gasteiger partial charge in [0.05, 0.1) is 10.7 Å². The summed E-state index contributed by atoms with van der Waals surface area (Å²) in [5, 5.41) is 6.22. The molecule has 0 unspecified atom stereocenters. The van der Waals surface area contributed by atoms with Crippen LogP contribution in [0.2, 0.25) is 5.02 Å². The predicted octanol–water partition coefficient (Wildman–Crippen LogP) is 4.95. The number of carbonyl (C=O) groups is 2. The summed E-state index contributed by atoms with van der Waals surface area (Å²) >= 11 is 6.12. The van der Waals surface area contributed by atoms with Crippen molar-refractivity contribution in [2.75, 3.05) is 10.6 Å². The van der Waals surface area contributed by atoms with E-state index in [1.807, 2.05) is 19.9 Å². The zero-order valence-electron chi connectivity index (χ0n) is 15.7. The van der Waals surface area contributed by atoms with Gasteiger partial charge in [-0.2, -0.15) is 0 Å². The van der Waals surface area contributed by atoms with Crippen LogP contribution in [0, 0.1) is 13.8 Å². The molecule has 7 heteroatoms. The maximum Gasteiger partial charge on any atom is 0.255 e. The van der Waals surface area contributed by atoms with Crippen molar-refractivity contribution in [3.05, 3.63) is 76.1 Å². The van der Waals surface area contributed by atoms with E-state index in [4.69, 9.17) is 11.6 Å². The standard InChI is InChI=1S/C21H19ClN4O2/c1-12-10-13(2)24-21(23-12)25-17-7-4-15(5-8-17)20(28)26-19-11-16(14(3)27)6-9-18(19)22/h4-11H,1-3H3,(H,26,28)(H,23,24,25). The van der Waals surface area contributed by atoms with Crippen LogP contribution in [0.4, 0.5) is 17.3 Å². The number of halogens is 1. The molecule has 1 aromatic heterocycles. The second kappa shape index (κ2) is 8.19. The van der Waals surface area contributed by atoms with Gasteiger partial charge in [-0.05, 0) is 69.3 Å². The Hall–Kier alpha value is -3.25. The topological polar surface area (TPSA) is 84.0 Å². The Kier molecular flexibility index (Phi) is 5.70. The van der Waals surface area contributed by atoms with Gasteiger partial charge in [-0.1, -0.05) is 11.6 Å². The van der Waals surface area contributed by atoms with Crippen molar-refractivity contribution in [3.8, 4) is 0 Å².